The summed E-state index contributed by atoms with van der Waals surface area (Å²) in [6.45, 7) is 5.29. The molecule has 21 heavy (non-hydrogen) atoms. The van der Waals surface area contributed by atoms with Gasteiger partial charge in [-0.15, -0.1) is 0 Å². The first-order valence-electron chi connectivity index (χ1n) is 8.79. The van der Waals surface area contributed by atoms with Crippen LogP contribution in [0.2, 0.25) is 0 Å². The molecule has 0 radical (unpaired) electrons. The number of nitrogens with two attached hydrogens (primary N) is 1. The number of nitrogens with zero attached hydrogens (tertiary/aromatic N) is 2. The quantitative estimate of drug-likeness (QED) is 0.785. The third-order valence-electron chi connectivity index (χ3n) is 5.13. The van der Waals surface area contributed by atoms with Gasteiger partial charge in [-0.3, -0.25) is 0 Å². The molecule has 1 aliphatic carbocycles. The maximum atomic E-state index is 5.65. The van der Waals surface area contributed by atoms with Gasteiger partial charge in [0.1, 0.15) is 0 Å². The molecular formula is C17H31N3O. The van der Waals surface area contributed by atoms with Crippen LogP contribution in [0.15, 0.2) is 4.52 Å². The summed E-state index contributed by atoms with van der Waals surface area (Å²) in [7, 11) is 0. The molecule has 1 aliphatic rings. The topological polar surface area (TPSA) is 64.9 Å². The SMILES string of the molecule is CCC(CCN)CCc1nc(C2CCCC(CC)C2)no1. The Balaban J connectivity index is 1.86. The molecule has 3 unspecified atom stereocenters. The normalized spacial score (nSPS) is 24.1. The van der Waals surface area contributed by atoms with Crippen molar-refractivity contribution in [2.75, 3.05) is 6.54 Å². The smallest absolute Gasteiger partial charge is 0.226 e. The highest BCUT2D eigenvalue weighted by atomic mass is 16.5. The van der Waals surface area contributed by atoms with Crippen LogP contribution >= 0.6 is 0 Å². The van der Waals surface area contributed by atoms with Crippen molar-refractivity contribution >= 4 is 0 Å². The van der Waals surface area contributed by atoms with Gasteiger partial charge in [0, 0.05) is 12.3 Å². The molecule has 0 saturated heterocycles. The zero-order valence-corrected chi connectivity index (χ0v) is 13.7. The first-order chi connectivity index (χ1) is 10.3. The Hall–Kier alpha value is -0.900. The van der Waals surface area contributed by atoms with E-state index in [0.717, 1.165) is 43.4 Å². The molecule has 1 aromatic heterocycles. The van der Waals surface area contributed by atoms with Crippen molar-refractivity contribution < 1.29 is 4.52 Å². The predicted molar refractivity (Wildman–Crippen MR) is 85.1 cm³/mol. The highest BCUT2D eigenvalue weighted by molar-refractivity contribution is 4.98. The lowest BCUT2D eigenvalue weighted by Gasteiger charge is -2.26. The summed E-state index contributed by atoms with van der Waals surface area (Å²) in [6.07, 6.45) is 10.7. The van der Waals surface area contributed by atoms with Crippen LogP contribution < -0.4 is 5.73 Å². The van der Waals surface area contributed by atoms with Crippen molar-refractivity contribution in [2.45, 2.75) is 77.6 Å². The van der Waals surface area contributed by atoms with Crippen molar-refractivity contribution in [1.82, 2.24) is 10.1 Å². The maximum absolute atomic E-state index is 5.65. The lowest BCUT2D eigenvalue weighted by molar-refractivity contribution is 0.297. The van der Waals surface area contributed by atoms with Gasteiger partial charge >= 0.3 is 0 Å². The Morgan fingerprint density at radius 2 is 2.14 bits per heavy atom. The van der Waals surface area contributed by atoms with Crippen LogP contribution in [0.5, 0.6) is 0 Å². The van der Waals surface area contributed by atoms with Gasteiger partial charge in [0.15, 0.2) is 5.82 Å². The van der Waals surface area contributed by atoms with Gasteiger partial charge in [-0.05, 0) is 44.1 Å². The minimum absolute atomic E-state index is 0.521. The van der Waals surface area contributed by atoms with Gasteiger partial charge in [-0.25, -0.2) is 0 Å². The molecule has 1 aromatic rings. The zero-order valence-electron chi connectivity index (χ0n) is 13.7. The molecule has 4 nitrogen and oxygen atoms in total. The molecule has 4 heteroatoms. The van der Waals surface area contributed by atoms with Crippen LogP contribution in [0.1, 0.15) is 82.8 Å². The van der Waals surface area contributed by atoms with E-state index in [0.29, 0.717) is 11.8 Å². The minimum atomic E-state index is 0.521. The summed E-state index contributed by atoms with van der Waals surface area (Å²) in [4.78, 5) is 4.66. The number of hydrogen-bond donors (Lipinski definition) is 1. The molecule has 1 heterocycles. The predicted octanol–water partition coefficient (Wildman–Crippen LogP) is 4.06. The van der Waals surface area contributed by atoms with Crippen molar-refractivity contribution in [2.24, 2.45) is 17.6 Å². The van der Waals surface area contributed by atoms with Crippen LogP contribution in [0.25, 0.3) is 0 Å². The number of hydrogen-bond acceptors (Lipinski definition) is 4. The maximum Gasteiger partial charge on any atom is 0.226 e. The summed E-state index contributed by atoms with van der Waals surface area (Å²) >= 11 is 0. The molecule has 1 saturated carbocycles. The van der Waals surface area contributed by atoms with Crippen LogP contribution in [-0.4, -0.2) is 16.7 Å². The molecule has 0 amide bonds. The Bertz CT molecular complexity index is 404. The van der Waals surface area contributed by atoms with Gasteiger partial charge in [-0.2, -0.15) is 4.98 Å². The molecule has 120 valence electrons. The Morgan fingerprint density at radius 3 is 2.86 bits per heavy atom. The molecular weight excluding hydrogens is 262 g/mol. The Labute approximate surface area is 128 Å². The summed E-state index contributed by atoms with van der Waals surface area (Å²) in [5.41, 5.74) is 5.65. The van der Waals surface area contributed by atoms with Crippen molar-refractivity contribution in [3.8, 4) is 0 Å². The molecule has 1 fully saturated rings. The lowest BCUT2D eigenvalue weighted by Crippen LogP contribution is -2.14. The van der Waals surface area contributed by atoms with E-state index >= 15 is 0 Å². The van der Waals surface area contributed by atoms with E-state index in [9.17, 15) is 0 Å². The number of aromatic nitrogens is 2. The zero-order chi connectivity index (χ0) is 15.1. The molecule has 3 atom stereocenters. The standard InChI is InChI=1S/C17H31N3O/c1-3-13(10-11-18)8-9-16-19-17(20-21-16)15-7-5-6-14(4-2)12-15/h13-15H,3-12,18H2,1-2H3. The first kappa shape index (κ1) is 16.5. The van der Waals surface area contributed by atoms with Gasteiger partial charge in [0.25, 0.3) is 0 Å². The van der Waals surface area contributed by atoms with Gasteiger partial charge < -0.3 is 10.3 Å². The third-order valence-corrected chi connectivity index (χ3v) is 5.13. The second kappa shape index (κ2) is 8.52. The summed E-state index contributed by atoms with van der Waals surface area (Å²) in [5, 5.41) is 4.25. The van der Waals surface area contributed by atoms with E-state index in [-0.39, 0.29) is 0 Å². The van der Waals surface area contributed by atoms with E-state index in [1.165, 1.54) is 38.5 Å². The average Bonchev–Trinajstić information content (AvgIpc) is 3.00. The Morgan fingerprint density at radius 1 is 1.29 bits per heavy atom. The van der Waals surface area contributed by atoms with Crippen molar-refractivity contribution in [3.63, 3.8) is 0 Å². The second-order valence-corrected chi connectivity index (χ2v) is 6.57. The van der Waals surface area contributed by atoms with Crippen LogP contribution in [0, 0.1) is 11.8 Å². The van der Waals surface area contributed by atoms with E-state index in [2.05, 4.69) is 24.0 Å². The summed E-state index contributed by atoms with van der Waals surface area (Å²) in [6, 6.07) is 0. The van der Waals surface area contributed by atoms with Gasteiger partial charge in [0.2, 0.25) is 5.89 Å². The first-order valence-corrected chi connectivity index (χ1v) is 8.79. The van der Waals surface area contributed by atoms with Crippen molar-refractivity contribution in [3.05, 3.63) is 11.7 Å². The fourth-order valence-electron chi connectivity index (χ4n) is 3.55. The summed E-state index contributed by atoms with van der Waals surface area (Å²) in [5.74, 6) is 3.82. The molecule has 0 bridgehead atoms. The minimum Gasteiger partial charge on any atom is -0.339 e. The monoisotopic (exact) mass is 293 g/mol. The van der Waals surface area contributed by atoms with E-state index < -0.39 is 0 Å². The molecule has 2 N–H and O–H groups in total. The molecule has 2 rings (SSSR count). The number of rotatable bonds is 8. The molecule has 0 aliphatic heterocycles. The Kier molecular flexibility index (Phi) is 6.68. The fraction of sp³-hybridized carbons (Fsp3) is 0.882. The van der Waals surface area contributed by atoms with Crippen LogP contribution in [-0.2, 0) is 6.42 Å². The lowest BCUT2D eigenvalue weighted by atomic mass is 9.80. The van der Waals surface area contributed by atoms with Gasteiger partial charge in [0.05, 0.1) is 0 Å². The average molecular weight is 293 g/mol. The molecule has 0 spiro atoms. The van der Waals surface area contributed by atoms with E-state index in [1.54, 1.807) is 0 Å². The van der Waals surface area contributed by atoms with Gasteiger partial charge in [-0.1, -0.05) is 44.7 Å². The van der Waals surface area contributed by atoms with E-state index in [4.69, 9.17) is 10.3 Å². The third kappa shape index (κ3) is 4.80. The van der Waals surface area contributed by atoms with Crippen LogP contribution in [0.3, 0.4) is 0 Å². The largest absolute Gasteiger partial charge is 0.339 e. The molecule has 0 aromatic carbocycles. The highest BCUT2D eigenvalue weighted by Crippen LogP contribution is 2.36. The van der Waals surface area contributed by atoms with Crippen molar-refractivity contribution in [1.29, 1.82) is 0 Å². The summed E-state index contributed by atoms with van der Waals surface area (Å²) < 4.78 is 5.47. The highest BCUT2D eigenvalue weighted by Gasteiger charge is 2.25. The van der Waals surface area contributed by atoms with Crippen LogP contribution in [0.4, 0.5) is 0 Å². The number of aryl methyl sites for hydroxylation is 1. The van der Waals surface area contributed by atoms with E-state index in [1.807, 2.05) is 0 Å². The second-order valence-electron chi connectivity index (χ2n) is 6.57. The fourth-order valence-corrected chi connectivity index (χ4v) is 3.55.